The molecule has 1 saturated carbocycles. The third kappa shape index (κ3) is 3.57. The second-order valence-corrected chi connectivity index (χ2v) is 8.07. The smallest absolute Gasteiger partial charge is 0.161 e. The van der Waals surface area contributed by atoms with Gasteiger partial charge in [0.05, 0.1) is 10.7 Å². The molecule has 3 rings (SSSR count). The summed E-state index contributed by atoms with van der Waals surface area (Å²) in [7, 11) is 0. The highest BCUT2D eigenvalue weighted by molar-refractivity contribution is 9.10. The first kappa shape index (κ1) is 15.6. The van der Waals surface area contributed by atoms with Crippen LogP contribution in [-0.4, -0.2) is 17.5 Å². The van der Waals surface area contributed by atoms with E-state index in [1.54, 1.807) is 11.8 Å². The van der Waals surface area contributed by atoms with Crippen LogP contribution in [0.4, 0.5) is 10.1 Å². The zero-order chi connectivity index (χ0) is 14.9. The Hall–Kier alpha value is -0.260. The lowest BCUT2D eigenvalue weighted by molar-refractivity contribution is 0.232. The van der Waals surface area contributed by atoms with Gasteiger partial charge in [-0.3, -0.25) is 4.99 Å². The molecule has 1 N–H and O–H groups in total. The molecule has 0 saturated heterocycles. The van der Waals surface area contributed by atoms with Crippen LogP contribution in [0.1, 0.15) is 32.1 Å². The first-order valence-corrected chi connectivity index (χ1v) is 9.33. The fourth-order valence-corrected chi connectivity index (χ4v) is 5.05. The number of aliphatic imine (C=N–C) groups is 1. The Labute approximate surface area is 142 Å². The SMILES string of the molecule is Fc1cc(Cl)c(NC2=NCC3(CCCCC3)CS2)c(Br)c1. The van der Waals surface area contributed by atoms with Gasteiger partial charge in [-0.25, -0.2) is 4.39 Å². The summed E-state index contributed by atoms with van der Waals surface area (Å²) in [6.45, 7) is 0.888. The van der Waals surface area contributed by atoms with E-state index in [0.29, 0.717) is 20.6 Å². The molecule has 1 aliphatic carbocycles. The molecule has 6 heteroatoms. The van der Waals surface area contributed by atoms with Crippen molar-refractivity contribution in [3.05, 3.63) is 27.4 Å². The van der Waals surface area contributed by atoms with Crippen molar-refractivity contribution in [2.24, 2.45) is 10.4 Å². The number of thioether (sulfide) groups is 1. The molecule has 1 heterocycles. The molecule has 0 radical (unpaired) electrons. The standard InChI is InChI=1S/C15H17BrClFN2S/c16-11-6-10(18)7-12(17)13(11)20-14-19-8-15(9-21-14)4-2-1-3-5-15/h6-7H,1-5,8-9H2,(H,19,20). The van der Waals surface area contributed by atoms with E-state index >= 15 is 0 Å². The Balaban J connectivity index is 1.72. The maximum Gasteiger partial charge on any atom is 0.161 e. The highest BCUT2D eigenvalue weighted by Gasteiger charge is 2.35. The van der Waals surface area contributed by atoms with Crippen LogP contribution in [0.5, 0.6) is 0 Å². The summed E-state index contributed by atoms with van der Waals surface area (Å²) in [5.74, 6) is 0.756. The van der Waals surface area contributed by atoms with Gasteiger partial charge < -0.3 is 5.32 Å². The monoisotopic (exact) mass is 390 g/mol. The Morgan fingerprint density at radius 2 is 2.05 bits per heavy atom. The van der Waals surface area contributed by atoms with E-state index in [1.165, 1.54) is 44.2 Å². The third-order valence-corrected chi connectivity index (χ3v) is 6.41. The summed E-state index contributed by atoms with van der Waals surface area (Å²) in [6.07, 6.45) is 6.59. The van der Waals surface area contributed by atoms with Gasteiger partial charge in [-0.05, 0) is 46.3 Å². The molecule has 2 nitrogen and oxygen atoms in total. The fraction of sp³-hybridized carbons (Fsp3) is 0.533. The minimum atomic E-state index is -0.350. The second kappa shape index (κ2) is 6.47. The summed E-state index contributed by atoms with van der Waals surface area (Å²) in [6, 6.07) is 2.72. The molecular weight excluding hydrogens is 375 g/mol. The third-order valence-electron chi connectivity index (χ3n) is 4.23. The molecule has 1 fully saturated rings. The van der Waals surface area contributed by atoms with Crippen molar-refractivity contribution >= 4 is 50.1 Å². The first-order chi connectivity index (χ1) is 10.1. The van der Waals surface area contributed by atoms with Crippen LogP contribution in [0, 0.1) is 11.2 Å². The van der Waals surface area contributed by atoms with Gasteiger partial charge in [-0.1, -0.05) is 42.6 Å². The topological polar surface area (TPSA) is 24.4 Å². The molecule has 114 valence electrons. The van der Waals surface area contributed by atoms with Crippen LogP contribution in [0.25, 0.3) is 0 Å². The van der Waals surface area contributed by atoms with Crippen molar-refractivity contribution in [3.8, 4) is 0 Å². The van der Waals surface area contributed by atoms with Gasteiger partial charge in [-0.15, -0.1) is 0 Å². The van der Waals surface area contributed by atoms with Gasteiger partial charge in [0.15, 0.2) is 5.17 Å². The lowest BCUT2D eigenvalue weighted by Gasteiger charge is -2.38. The number of nitrogens with one attached hydrogen (secondary N) is 1. The molecule has 1 aliphatic heterocycles. The van der Waals surface area contributed by atoms with Crippen LogP contribution < -0.4 is 5.32 Å². The highest BCUT2D eigenvalue weighted by Crippen LogP contribution is 2.42. The highest BCUT2D eigenvalue weighted by atomic mass is 79.9. The number of hydrogen-bond donors (Lipinski definition) is 1. The Morgan fingerprint density at radius 3 is 2.67 bits per heavy atom. The van der Waals surface area contributed by atoms with Gasteiger partial charge in [0.25, 0.3) is 0 Å². The lowest BCUT2D eigenvalue weighted by Crippen LogP contribution is -2.35. The number of benzene rings is 1. The molecule has 0 aromatic heterocycles. The molecule has 0 unspecified atom stereocenters. The number of nitrogens with zero attached hydrogens (tertiary/aromatic N) is 1. The molecule has 1 aromatic carbocycles. The molecule has 1 aromatic rings. The number of amidine groups is 1. The van der Waals surface area contributed by atoms with E-state index in [9.17, 15) is 4.39 Å². The van der Waals surface area contributed by atoms with Gasteiger partial charge in [0.2, 0.25) is 0 Å². The molecule has 0 atom stereocenters. The van der Waals surface area contributed by atoms with Crippen molar-refractivity contribution < 1.29 is 4.39 Å². The Bertz CT molecular complexity index is 550. The molecule has 0 amide bonds. The van der Waals surface area contributed by atoms with Crippen LogP contribution in [0.15, 0.2) is 21.6 Å². The number of hydrogen-bond acceptors (Lipinski definition) is 3. The van der Waals surface area contributed by atoms with Crippen molar-refractivity contribution in [1.82, 2.24) is 0 Å². The Kier molecular flexibility index (Phi) is 4.81. The van der Waals surface area contributed by atoms with E-state index < -0.39 is 0 Å². The predicted molar refractivity (Wildman–Crippen MR) is 93.0 cm³/mol. The van der Waals surface area contributed by atoms with E-state index in [4.69, 9.17) is 16.6 Å². The van der Waals surface area contributed by atoms with E-state index in [2.05, 4.69) is 21.2 Å². The first-order valence-electron chi connectivity index (χ1n) is 7.17. The average molecular weight is 392 g/mol. The number of rotatable bonds is 1. The number of anilines is 1. The fourth-order valence-electron chi connectivity index (χ4n) is 3.00. The largest absolute Gasteiger partial charge is 0.333 e. The minimum Gasteiger partial charge on any atom is -0.333 e. The molecule has 1 spiro atoms. The summed E-state index contributed by atoms with van der Waals surface area (Å²) in [4.78, 5) is 4.70. The van der Waals surface area contributed by atoms with Gasteiger partial charge in [0, 0.05) is 16.8 Å². The quantitative estimate of drug-likeness (QED) is 0.663. The van der Waals surface area contributed by atoms with Crippen molar-refractivity contribution in [3.63, 3.8) is 0 Å². The summed E-state index contributed by atoms with van der Waals surface area (Å²) >= 11 is 11.2. The van der Waals surface area contributed by atoms with Gasteiger partial charge in [0.1, 0.15) is 5.82 Å². The maximum absolute atomic E-state index is 13.2. The zero-order valence-electron chi connectivity index (χ0n) is 11.6. The van der Waals surface area contributed by atoms with Gasteiger partial charge >= 0.3 is 0 Å². The summed E-state index contributed by atoms with van der Waals surface area (Å²) < 4.78 is 13.9. The zero-order valence-corrected chi connectivity index (χ0v) is 14.8. The van der Waals surface area contributed by atoms with Crippen molar-refractivity contribution in [2.75, 3.05) is 17.6 Å². The van der Waals surface area contributed by atoms with Crippen LogP contribution >= 0.6 is 39.3 Å². The van der Waals surface area contributed by atoms with Gasteiger partial charge in [-0.2, -0.15) is 0 Å². The van der Waals surface area contributed by atoms with Crippen LogP contribution in [-0.2, 0) is 0 Å². The molecular formula is C15H17BrClFN2S. The van der Waals surface area contributed by atoms with E-state index in [0.717, 1.165) is 17.5 Å². The second-order valence-electron chi connectivity index (χ2n) is 5.84. The maximum atomic E-state index is 13.2. The predicted octanol–water partition coefficient (Wildman–Crippen LogP) is 5.71. The number of halogens is 3. The molecule has 2 aliphatic rings. The van der Waals surface area contributed by atoms with Crippen LogP contribution in [0.2, 0.25) is 5.02 Å². The molecule has 0 bridgehead atoms. The molecule has 21 heavy (non-hydrogen) atoms. The van der Waals surface area contributed by atoms with E-state index in [1.807, 2.05) is 0 Å². The normalized spacial score (nSPS) is 21.2. The minimum absolute atomic E-state index is 0.350. The summed E-state index contributed by atoms with van der Waals surface area (Å²) in [5, 5.41) is 4.47. The van der Waals surface area contributed by atoms with E-state index in [-0.39, 0.29) is 5.82 Å². The lowest BCUT2D eigenvalue weighted by atomic mass is 9.75. The van der Waals surface area contributed by atoms with Crippen molar-refractivity contribution in [2.45, 2.75) is 32.1 Å². The summed E-state index contributed by atoms with van der Waals surface area (Å²) in [5.41, 5.74) is 1.08. The van der Waals surface area contributed by atoms with Crippen LogP contribution in [0.3, 0.4) is 0 Å². The average Bonchev–Trinajstić information content (AvgIpc) is 2.46. The van der Waals surface area contributed by atoms with Crippen molar-refractivity contribution in [1.29, 1.82) is 0 Å². The Morgan fingerprint density at radius 1 is 1.29 bits per heavy atom.